The number of anilines is 3. The first kappa shape index (κ1) is 26.7. The summed E-state index contributed by atoms with van der Waals surface area (Å²) in [5.41, 5.74) is 3.18. The Bertz CT molecular complexity index is 1370. The molecule has 1 saturated heterocycles. The summed E-state index contributed by atoms with van der Waals surface area (Å²) < 4.78 is 4.10. The van der Waals surface area contributed by atoms with Crippen molar-refractivity contribution in [3.63, 3.8) is 0 Å². The van der Waals surface area contributed by atoms with Gasteiger partial charge in [-0.1, -0.05) is 12.7 Å². The van der Waals surface area contributed by atoms with E-state index < -0.39 is 0 Å². The Kier molecular flexibility index (Phi) is 8.42. The molecule has 1 N–H and O–H groups in total. The topological polar surface area (TPSA) is 75.0 Å². The van der Waals surface area contributed by atoms with Crippen LogP contribution in [0.15, 0.2) is 30.7 Å². The molecule has 0 spiro atoms. The van der Waals surface area contributed by atoms with E-state index in [1.165, 1.54) is 0 Å². The molecule has 4 heterocycles. The fraction of sp³-hybridized carbons (Fsp3) is 0.385. The van der Waals surface area contributed by atoms with Crippen LogP contribution in [-0.2, 0) is 0 Å². The molecular weight excluding hydrogens is 582 g/mol. The van der Waals surface area contributed by atoms with E-state index in [9.17, 15) is 0 Å². The molecule has 0 saturated carbocycles. The maximum absolute atomic E-state index is 4.66. The molecule has 190 valence electrons. The van der Waals surface area contributed by atoms with Gasteiger partial charge in [-0.2, -0.15) is 0 Å². The number of hydrogen-bond acceptors (Lipinski definition) is 7. The zero-order chi connectivity index (χ0) is 26.0. The molecule has 1 aliphatic heterocycles. The van der Waals surface area contributed by atoms with Crippen LogP contribution >= 0.6 is 32.1 Å². The van der Waals surface area contributed by atoms with Gasteiger partial charge in [-0.05, 0) is 63.2 Å². The fourth-order valence-corrected chi connectivity index (χ4v) is 5.39. The summed E-state index contributed by atoms with van der Waals surface area (Å²) in [4.78, 5) is 20.9. The van der Waals surface area contributed by atoms with Gasteiger partial charge in [-0.15, -0.1) is 9.24 Å². The van der Waals surface area contributed by atoms with E-state index in [0.717, 1.165) is 64.1 Å². The highest BCUT2D eigenvalue weighted by Gasteiger charge is 2.18. The second-order valence-electron chi connectivity index (χ2n) is 9.30. The zero-order valence-electron chi connectivity index (χ0n) is 21.5. The smallest absolute Gasteiger partial charge is 0.240 e. The van der Waals surface area contributed by atoms with Gasteiger partial charge in [0.1, 0.15) is 11.6 Å². The molecule has 36 heavy (non-hydrogen) atoms. The first-order valence-electron chi connectivity index (χ1n) is 12.1. The molecule has 1 aliphatic rings. The lowest BCUT2D eigenvalue weighted by Gasteiger charge is -2.33. The largest absolute Gasteiger partial charge is 0.366 e. The first-order chi connectivity index (χ1) is 17.2. The SMILES string of the molecule is C=c1nc(C)n(C(C)C)/c1=C/C(=C\C)c1cc(N(I)c2ncc(N3CCNC(C)C3)cn2)ncc1P. The van der Waals surface area contributed by atoms with Crippen LogP contribution < -0.4 is 29.3 Å². The van der Waals surface area contributed by atoms with Gasteiger partial charge in [0, 0.05) is 37.9 Å². The zero-order valence-corrected chi connectivity index (χ0v) is 24.8. The van der Waals surface area contributed by atoms with E-state index in [4.69, 9.17) is 0 Å². The predicted octanol–water partition coefficient (Wildman–Crippen LogP) is 3.04. The highest BCUT2D eigenvalue weighted by atomic mass is 127. The summed E-state index contributed by atoms with van der Waals surface area (Å²) in [5, 5.41) is 6.28. The minimum absolute atomic E-state index is 0.287. The van der Waals surface area contributed by atoms with E-state index in [-0.39, 0.29) is 6.04 Å². The molecular formula is C26H34IN8P. The van der Waals surface area contributed by atoms with Gasteiger partial charge in [0.25, 0.3) is 0 Å². The fourth-order valence-electron chi connectivity index (χ4n) is 4.55. The van der Waals surface area contributed by atoms with Crippen molar-refractivity contribution >= 4 is 73.1 Å². The van der Waals surface area contributed by atoms with Crippen molar-refractivity contribution in [2.24, 2.45) is 0 Å². The second kappa shape index (κ2) is 11.4. The quantitative estimate of drug-likeness (QED) is 0.260. The number of allylic oxidation sites excluding steroid dienone is 2. The normalized spacial score (nSPS) is 17.2. The Labute approximate surface area is 229 Å². The van der Waals surface area contributed by atoms with Crippen molar-refractivity contribution in [1.82, 2.24) is 29.8 Å². The lowest BCUT2D eigenvalue weighted by Crippen LogP contribution is -2.49. The summed E-state index contributed by atoms with van der Waals surface area (Å²) in [5.74, 6) is 2.32. The van der Waals surface area contributed by atoms with Gasteiger partial charge in [0.15, 0.2) is 0 Å². The lowest BCUT2D eigenvalue weighted by molar-refractivity contribution is 0.484. The van der Waals surface area contributed by atoms with Gasteiger partial charge >= 0.3 is 0 Å². The van der Waals surface area contributed by atoms with Crippen molar-refractivity contribution in [3.05, 3.63) is 52.8 Å². The van der Waals surface area contributed by atoms with Gasteiger partial charge in [-0.3, -0.25) is 0 Å². The van der Waals surface area contributed by atoms with Crippen molar-refractivity contribution in [2.45, 2.75) is 46.7 Å². The third-order valence-electron chi connectivity index (χ3n) is 6.29. The Morgan fingerprint density at radius 3 is 2.64 bits per heavy atom. The van der Waals surface area contributed by atoms with Crippen molar-refractivity contribution in [3.8, 4) is 0 Å². The number of nitrogens with zero attached hydrogens (tertiary/aromatic N) is 7. The molecule has 3 aromatic rings. The molecule has 0 amide bonds. The minimum atomic E-state index is 0.287. The maximum Gasteiger partial charge on any atom is 0.240 e. The molecule has 10 heteroatoms. The molecule has 0 bridgehead atoms. The van der Waals surface area contributed by atoms with Gasteiger partial charge in [-0.25, -0.2) is 23.0 Å². The highest BCUT2D eigenvalue weighted by Crippen LogP contribution is 2.28. The van der Waals surface area contributed by atoms with Crippen LogP contribution in [0.5, 0.6) is 0 Å². The molecule has 8 nitrogen and oxygen atoms in total. The number of hydrogen-bond donors (Lipinski definition) is 1. The van der Waals surface area contributed by atoms with Gasteiger partial charge in [0.05, 0.1) is 51.6 Å². The number of halogens is 1. The molecule has 0 aliphatic carbocycles. The van der Waals surface area contributed by atoms with Gasteiger partial charge in [0.2, 0.25) is 5.95 Å². The van der Waals surface area contributed by atoms with E-state index in [2.05, 4.69) is 112 Å². The number of aryl methyl sites for hydroxylation is 1. The molecule has 4 rings (SSSR count). The number of piperazine rings is 1. The number of aromatic nitrogens is 5. The summed E-state index contributed by atoms with van der Waals surface area (Å²) in [6.45, 7) is 17.6. The maximum atomic E-state index is 4.66. The van der Waals surface area contributed by atoms with E-state index in [1.807, 2.05) is 35.6 Å². The van der Waals surface area contributed by atoms with Gasteiger partial charge < -0.3 is 14.8 Å². The highest BCUT2D eigenvalue weighted by molar-refractivity contribution is 14.1. The van der Waals surface area contributed by atoms with Crippen LogP contribution in [0.1, 0.15) is 45.1 Å². The third-order valence-corrected chi connectivity index (χ3v) is 7.67. The first-order valence-corrected chi connectivity index (χ1v) is 13.7. The molecule has 2 unspecified atom stereocenters. The van der Waals surface area contributed by atoms with Crippen LogP contribution in [0.25, 0.3) is 18.2 Å². The number of nitrogens with one attached hydrogen (secondary N) is 1. The summed E-state index contributed by atoms with van der Waals surface area (Å²) >= 11 is 2.21. The van der Waals surface area contributed by atoms with Crippen molar-refractivity contribution < 1.29 is 0 Å². The monoisotopic (exact) mass is 616 g/mol. The average Bonchev–Trinajstić information content (AvgIpc) is 3.15. The van der Waals surface area contributed by atoms with Crippen LogP contribution in [0, 0.1) is 6.92 Å². The van der Waals surface area contributed by atoms with Crippen LogP contribution in [0.3, 0.4) is 0 Å². The van der Waals surface area contributed by atoms with Crippen LogP contribution in [-0.4, -0.2) is 50.2 Å². The van der Waals surface area contributed by atoms with E-state index in [1.54, 1.807) is 0 Å². The summed E-state index contributed by atoms with van der Waals surface area (Å²) in [6.07, 6.45) is 9.92. The molecule has 3 aromatic heterocycles. The van der Waals surface area contributed by atoms with E-state index >= 15 is 0 Å². The van der Waals surface area contributed by atoms with Crippen molar-refractivity contribution in [2.75, 3.05) is 27.6 Å². The number of pyridine rings is 1. The number of rotatable bonds is 6. The molecule has 1 fully saturated rings. The lowest BCUT2D eigenvalue weighted by atomic mass is 10.1. The van der Waals surface area contributed by atoms with E-state index in [0.29, 0.717) is 12.0 Å². The molecule has 0 radical (unpaired) electrons. The summed E-state index contributed by atoms with van der Waals surface area (Å²) in [7, 11) is 2.80. The third kappa shape index (κ3) is 5.63. The van der Waals surface area contributed by atoms with Crippen LogP contribution in [0.2, 0.25) is 0 Å². The molecule has 0 aromatic carbocycles. The average molecular weight is 616 g/mol. The molecule has 2 atom stereocenters. The Morgan fingerprint density at radius 1 is 1.28 bits per heavy atom. The summed E-state index contributed by atoms with van der Waals surface area (Å²) in [6, 6.07) is 2.81. The van der Waals surface area contributed by atoms with Crippen molar-refractivity contribution in [1.29, 1.82) is 0 Å². The second-order valence-corrected chi connectivity index (χ2v) is 10.9. The minimum Gasteiger partial charge on any atom is -0.366 e. The Balaban J connectivity index is 1.65. The standard InChI is InChI=1S/C26H34IN8P/c1-7-20(10-23-18(5)32-19(6)34(23)16(2)3)22-11-25(29-14-24(22)36)35(27)26-30-12-21(13-31-26)33-9-8-28-17(4)15-33/h7,10-14,16-17,28H,5,8-9,15,36H2,1-4,6H3/b20-7+,23-10+. The predicted molar refractivity (Wildman–Crippen MR) is 162 cm³/mol. The Hall–Kier alpha value is -2.36. The number of imidazole rings is 1. The van der Waals surface area contributed by atoms with Crippen LogP contribution in [0.4, 0.5) is 17.5 Å². The Morgan fingerprint density at radius 2 is 2.00 bits per heavy atom.